The molecule has 0 bridgehead atoms. The van der Waals surface area contributed by atoms with Gasteiger partial charge in [0.05, 0.1) is 12.1 Å². The third-order valence-electron chi connectivity index (χ3n) is 3.49. The minimum atomic E-state index is -0.859. The lowest BCUT2D eigenvalue weighted by Gasteiger charge is -2.32. The molecule has 1 amide bonds. The van der Waals surface area contributed by atoms with Gasteiger partial charge < -0.3 is 19.7 Å². The highest BCUT2D eigenvalue weighted by Crippen LogP contribution is 2.19. The zero-order valence-corrected chi connectivity index (χ0v) is 11.6. The number of rotatable bonds is 5. The number of carboxylic acids is 1. The van der Waals surface area contributed by atoms with E-state index in [1.165, 1.54) is 6.26 Å². The number of aryl methyl sites for hydroxylation is 1. The van der Waals surface area contributed by atoms with Crippen molar-refractivity contribution in [1.29, 1.82) is 0 Å². The Kier molecular flexibility index (Phi) is 4.79. The van der Waals surface area contributed by atoms with E-state index in [1.54, 1.807) is 6.07 Å². The smallest absolute Gasteiger partial charge is 0.317 e. The molecular formula is C14H20N2O4. The highest BCUT2D eigenvalue weighted by atomic mass is 16.4. The number of likely N-dealkylation sites (tertiary alicyclic amines) is 1. The molecule has 1 atom stereocenters. The van der Waals surface area contributed by atoms with Crippen molar-refractivity contribution < 1.29 is 19.1 Å². The summed E-state index contributed by atoms with van der Waals surface area (Å²) in [7, 11) is 0. The number of amides is 1. The Morgan fingerprint density at radius 2 is 2.35 bits per heavy atom. The Morgan fingerprint density at radius 1 is 1.55 bits per heavy atom. The molecule has 1 aliphatic heterocycles. The molecule has 0 saturated carbocycles. The summed E-state index contributed by atoms with van der Waals surface area (Å²) in [6.07, 6.45) is 3.45. The summed E-state index contributed by atoms with van der Waals surface area (Å²) in [5, 5.41) is 11.5. The lowest BCUT2D eigenvalue weighted by atomic mass is 9.97. The summed E-state index contributed by atoms with van der Waals surface area (Å²) in [6.45, 7) is 3.81. The van der Waals surface area contributed by atoms with Crippen molar-refractivity contribution in [3.05, 3.63) is 23.7 Å². The van der Waals surface area contributed by atoms with Crippen LogP contribution in [-0.2, 0) is 4.79 Å². The van der Waals surface area contributed by atoms with Gasteiger partial charge in [0.2, 0.25) is 0 Å². The van der Waals surface area contributed by atoms with Gasteiger partial charge in [0.25, 0.3) is 5.91 Å². The zero-order valence-electron chi connectivity index (χ0n) is 11.6. The average molecular weight is 280 g/mol. The molecule has 110 valence electrons. The summed E-state index contributed by atoms with van der Waals surface area (Å²) in [4.78, 5) is 24.6. The summed E-state index contributed by atoms with van der Waals surface area (Å²) in [6, 6.07) is 1.74. The summed E-state index contributed by atoms with van der Waals surface area (Å²) >= 11 is 0. The van der Waals surface area contributed by atoms with Crippen molar-refractivity contribution in [2.45, 2.75) is 19.8 Å². The fourth-order valence-corrected chi connectivity index (χ4v) is 2.54. The summed E-state index contributed by atoms with van der Waals surface area (Å²) < 4.78 is 5.17. The Morgan fingerprint density at radius 3 is 3.00 bits per heavy atom. The number of carbonyl (C=O) groups excluding carboxylic acids is 1. The van der Waals surface area contributed by atoms with Crippen LogP contribution in [0.4, 0.5) is 0 Å². The second-order valence-electron chi connectivity index (χ2n) is 5.23. The second kappa shape index (κ2) is 6.56. The summed E-state index contributed by atoms with van der Waals surface area (Å²) in [5.74, 6) is 0.164. The first-order valence-corrected chi connectivity index (χ1v) is 6.83. The van der Waals surface area contributed by atoms with Crippen LogP contribution in [0.15, 0.2) is 16.7 Å². The third kappa shape index (κ3) is 3.84. The first-order chi connectivity index (χ1) is 9.56. The van der Waals surface area contributed by atoms with Crippen LogP contribution in [0, 0.1) is 12.8 Å². The van der Waals surface area contributed by atoms with E-state index in [0.29, 0.717) is 24.6 Å². The molecule has 0 aliphatic carbocycles. The predicted molar refractivity (Wildman–Crippen MR) is 72.6 cm³/mol. The Balaban J connectivity index is 1.86. The van der Waals surface area contributed by atoms with Crippen LogP contribution in [0.1, 0.15) is 29.0 Å². The maximum Gasteiger partial charge on any atom is 0.317 e. The van der Waals surface area contributed by atoms with Gasteiger partial charge in [0.15, 0.2) is 0 Å². The number of carbonyl (C=O) groups is 2. The minimum Gasteiger partial charge on any atom is -0.480 e. The number of nitrogens with zero attached hydrogens (tertiary/aromatic N) is 1. The molecule has 0 aromatic carbocycles. The van der Waals surface area contributed by atoms with Crippen molar-refractivity contribution in [3.63, 3.8) is 0 Å². The highest BCUT2D eigenvalue weighted by molar-refractivity contribution is 5.94. The number of nitrogens with one attached hydrogen (secondary N) is 1. The van der Waals surface area contributed by atoms with Crippen molar-refractivity contribution in [2.75, 3.05) is 26.2 Å². The van der Waals surface area contributed by atoms with Crippen molar-refractivity contribution in [1.82, 2.24) is 10.2 Å². The zero-order chi connectivity index (χ0) is 14.5. The fourth-order valence-electron chi connectivity index (χ4n) is 2.54. The average Bonchev–Trinajstić information content (AvgIpc) is 2.84. The first kappa shape index (κ1) is 14.6. The molecule has 1 aromatic heterocycles. The van der Waals surface area contributed by atoms with Crippen LogP contribution in [0.3, 0.4) is 0 Å². The molecule has 1 saturated heterocycles. The van der Waals surface area contributed by atoms with Crippen LogP contribution >= 0.6 is 0 Å². The van der Waals surface area contributed by atoms with E-state index >= 15 is 0 Å². The van der Waals surface area contributed by atoms with Crippen LogP contribution in [0.5, 0.6) is 0 Å². The molecule has 2 heterocycles. The van der Waals surface area contributed by atoms with E-state index in [2.05, 4.69) is 5.32 Å². The van der Waals surface area contributed by atoms with Crippen molar-refractivity contribution in [2.24, 2.45) is 5.92 Å². The largest absolute Gasteiger partial charge is 0.480 e. The maximum absolute atomic E-state index is 12.3. The van der Waals surface area contributed by atoms with Gasteiger partial charge in [0.1, 0.15) is 12.0 Å². The Bertz CT molecular complexity index is 483. The third-order valence-corrected chi connectivity index (χ3v) is 3.49. The topological polar surface area (TPSA) is 82.8 Å². The van der Waals surface area contributed by atoms with Gasteiger partial charge in [-0.25, -0.2) is 0 Å². The van der Waals surface area contributed by atoms with Crippen molar-refractivity contribution >= 4 is 11.9 Å². The van der Waals surface area contributed by atoms with Crippen molar-refractivity contribution in [3.8, 4) is 0 Å². The normalized spacial score (nSPS) is 19.1. The Labute approximate surface area is 117 Å². The van der Waals surface area contributed by atoms with Gasteiger partial charge in [-0.15, -0.1) is 0 Å². The van der Waals surface area contributed by atoms with Gasteiger partial charge in [0, 0.05) is 19.6 Å². The molecular weight excluding hydrogens is 260 g/mol. The number of carboxylic acid groups (broad SMARTS) is 1. The van der Waals surface area contributed by atoms with Gasteiger partial charge in [-0.05, 0) is 31.7 Å². The number of piperidine rings is 1. The molecule has 20 heavy (non-hydrogen) atoms. The van der Waals surface area contributed by atoms with Crippen LogP contribution in [-0.4, -0.2) is 48.1 Å². The SMILES string of the molecule is Cc1cc(C(=O)N2CCCC(CNCC(=O)O)C2)co1. The number of aliphatic carboxylic acids is 1. The molecule has 1 aromatic rings. The number of hydrogen-bond donors (Lipinski definition) is 2. The Hall–Kier alpha value is -1.82. The van der Waals surface area contributed by atoms with Gasteiger partial charge in [-0.1, -0.05) is 0 Å². The van der Waals surface area contributed by atoms with E-state index in [1.807, 2.05) is 11.8 Å². The molecule has 2 rings (SSSR count). The van der Waals surface area contributed by atoms with Gasteiger partial charge in [-0.3, -0.25) is 9.59 Å². The van der Waals surface area contributed by atoms with Crippen LogP contribution in [0.25, 0.3) is 0 Å². The monoisotopic (exact) mass is 280 g/mol. The molecule has 0 radical (unpaired) electrons. The molecule has 2 N–H and O–H groups in total. The van der Waals surface area contributed by atoms with Gasteiger partial charge in [-0.2, -0.15) is 0 Å². The van der Waals surface area contributed by atoms with Crippen LogP contribution in [0.2, 0.25) is 0 Å². The molecule has 6 heteroatoms. The lowest BCUT2D eigenvalue weighted by Crippen LogP contribution is -2.43. The van der Waals surface area contributed by atoms with E-state index in [0.717, 1.165) is 25.1 Å². The quantitative estimate of drug-likeness (QED) is 0.844. The van der Waals surface area contributed by atoms with E-state index in [4.69, 9.17) is 9.52 Å². The standard InChI is InChI=1S/C14H20N2O4/c1-10-5-12(9-20-10)14(19)16-4-2-3-11(8-16)6-15-7-13(17)18/h5,9,11,15H,2-4,6-8H2,1H3,(H,17,18). The van der Waals surface area contributed by atoms with E-state index in [-0.39, 0.29) is 12.5 Å². The van der Waals surface area contributed by atoms with E-state index < -0.39 is 5.97 Å². The van der Waals surface area contributed by atoms with E-state index in [9.17, 15) is 9.59 Å². The number of hydrogen-bond acceptors (Lipinski definition) is 4. The molecule has 6 nitrogen and oxygen atoms in total. The molecule has 1 aliphatic rings. The predicted octanol–water partition coefficient (Wildman–Crippen LogP) is 1.11. The number of furan rings is 1. The molecule has 0 spiro atoms. The highest BCUT2D eigenvalue weighted by Gasteiger charge is 2.25. The first-order valence-electron chi connectivity index (χ1n) is 6.83. The van der Waals surface area contributed by atoms with Crippen LogP contribution < -0.4 is 5.32 Å². The minimum absolute atomic E-state index is 0.00946. The molecule has 1 fully saturated rings. The lowest BCUT2D eigenvalue weighted by molar-refractivity contribution is -0.136. The molecule has 1 unspecified atom stereocenters. The fraction of sp³-hybridized carbons (Fsp3) is 0.571. The van der Waals surface area contributed by atoms with Gasteiger partial charge >= 0.3 is 5.97 Å². The summed E-state index contributed by atoms with van der Waals surface area (Å²) in [5.41, 5.74) is 0.585. The second-order valence-corrected chi connectivity index (χ2v) is 5.23. The maximum atomic E-state index is 12.3.